The molecule has 0 heterocycles. The first-order chi connectivity index (χ1) is 6.75. The fourth-order valence-corrected chi connectivity index (χ4v) is 2.83. The van der Waals surface area contributed by atoms with E-state index in [0.29, 0.717) is 10.6 Å². The summed E-state index contributed by atoms with van der Waals surface area (Å²) < 4.78 is 24.8. The van der Waals surface area contributed by atoms with E-state index in [1.165, 1.54) is 6.07 Å². The number of rotatable bonds is 5. The van der Waals surface area contributed by atoms with Crippen molar-refractivity contribution in [2.45, 2.75) is 11.3 Å². The lowest BCUT2D eigenvalue weighted by atomic mass is 10.3. The molecule has 0 bridgehead atoms. The summed E-state index contributed by atoms with van der Waals surface area (Å²) in [6.45, 7) is 0. The molecule has 1 unspecified atom stereocenters. The van der Waals surface area contributed by atoms with E-state index in [4.69, 9.17) is 0 Å². The van der Waals surface area contributed by atoms with Crippen molar-refractivity contribution in [3.63, 3.8) is 0 Å². The second-order valence-corrected chi connectivity index (χ2v) is 5.35. The molecule has 0 amide bonds. The first kappa shape index (κ1) is 11.7. The van der Waals surface area contributed by atoms with E-state index >= 15 is 0 Å². The predicted molar refractivity (Wildman–Crippen MR) is 60.7 cm³/mol. The van der Waals surface area contributed by atoms with Gasteiger partial charge in [-0.3, -0.25) is 4.21 Å². The van der Waals surface area contributed by atoms with Crippen molar-refractivity contribution in [1.29, 1.82) is 0 Å². The zero-order chi connectivity index (χ0) is 10.4. The van der Waals surface area contributed by atoms with Gasteiger partial charge in [0, 0.05) is 5.75 Å². The summed E-state index contributed by atoms with van der Waals surface area (Å²) in [5.74, 6) is 1.15. The molecule has 0 aromatic heterocycles. The second-order valence-electron chi connectivity index (χ2n) is 2.83. The van der Waals surface area contributed by atoms with E-state index < -0.39 is 10.8 Å². The highest BCUT2D eigenvalue weighted by Crippen LogP contribution is 2.12. The Bertz CT molecular complexity index is 315. The van der Waals surface area contributed by atoms with E-state index in [-0.39, 0.29) is 5.82 Å². The van der Waals surface area contributed by atoms with Gasteiger partial charge in [0.15, 0.2) is 0 Å². The third kappa shape index (κ3) is 3.42. The van der Waals surface area contributed by atoms with Gasteiger partial charge in [0.2, 0.25) is 0 Å². The average molecular weight is 232 g/mol. The van der Waals surface area contributed by atoms with Crippen LogP contribution in [0.3, 0.4) is 0 Å². The summed E-state index contributed by atoms with van der Waals surface area (Å²) in [6, 6.07) is 6.26. The molecule has 1 atom stereocenters. The summed E-state index contributed by atoms with van der Waals surface area (Å²) in [5.41, 5.74) is 0. The van der Waals surface area contributed by atoms with Gasteiger partial charge in [0.05, 0.1) is 15.7 Å². The normalized spacial score (nSPS) is 12.7. The number of thioether (sulfide) groups is 1. The van der Waals surface area contributed by atoms with Crippen molar-refractivity contribution < 1.29 is 8.60 Å². The Morgan fingerprint density at radius 1 is 1.43 bits per heavy atom. The number of halogens is 1. The molecule has 0 aliphatic carbocycles. The molecule has 0 saturated heterocycles. The SMILES string of the molecule is CSCCCS(=O)c1ccccc1F. The molecule has 4 heteroatoms. The molecule has 0 spiro atoms. The minimum absolute atomic E-state index is 0.327. The van der Waals surface area contributed by atoms with E-state index in [0.717, 1.165) is 12.2 Å². The van der Waals surface area contributed by atoms with E-state index in [1.54, 1.807) is 30.0 Å². The first-order valence-corrected chi connectivity index (χ1v) is 7.09. The van der Waals surface area contributed by atoms with Gasteiger partial charge in [-0.15, -0.1) is 0 Å². The van der Waals surface area contributed by atoms with Crippen LogP contribution in [0.4, 0.5) is 4.39 Å². The zero-order valence-corrected chi connectivity index (χ0v) is 9.67. The Morgan fingerprint density at radius 3 is 2.79 bits per heavy atom. The van der Waals surface area contributed by atoms with Crippen LogP contribution in [-0.4, -0.2) is 22.0 Å². The van der Waals surface area contributed by atoms with Crippen LogP contribution < -0.4 is 0 Å². The van der Waals surface area contributed by atoms with Gasteiger partial charge in [-0.2, -0.15) is 11.8 Å². The average Bonchev–Trinajstić information content (AvgIpc) is 2.18. The summed E-state index contributed by atoms with van der Waals surface area (Å²) >= 11 is 1.71. The van der Waals surface area contributed by atoms with Crippen LogP contribution in [0.5, 0.6) is 0 Å². The predicted octanol–water partition coefficient (Wildman–Crippen LogP) is 2.69. The largest absolute Gasteiger partial charge is 0.254 e. The van der Waals surface area contributed by atoms with Crippen LogP contribution >= 0.6 is 11.8 Å². The van der Waals surface area contributed by atoms with Crippen molar-refractivity contribution in [3.05, 3.63) is 30.1 Å². The van der Waals surface area contributed by atoms with Crippen molar-refractivity contribution in [1.82, 2.24) is 0 Å². The van der Waals surface area contributed by atoms with Crippen LogP contribution in [0.1, 0.15) is 6.42 Å². The van der Waals surface area contributed by atoms with Gasteiger partial charge in [0.25, 0.3) is 0 Å². The molecule has 1 aromatic rings. The molecule has 1 nitrogen and oxygen atoms in total. The van der Waals surface area contributed by atoms with E-state index in [9.17, 15) is 8.60 Å². The molecule has 1 aromatic carbocycles. The highest BCUT2D eigenvalue weighted by Gasteiger charge is 2.07. The standard InChI is InChI=1S/C10H13FOS2/c1-13-7-4-8-14(12)10-6-3-2-5-9(10)11/h2-3,5-6H,4,7-8H2,1H3. The number of hydrogen-bond donors (Lipinski definition) is 0. The minimum atomic E-state index is -1.18. The maximum atomic E-state index is 13.2. The van der Waals surface area contributed by atoms with E-state index in [1.807, 2.05) is 6.26 Å². The lowest BCUT2D eigenvalue weighted by Gasteiger charge is -2.02. The molecular formula is C10H13FOS2. The molecule has 0 N–H and O–H groups in total. The zero-order valence-electron chi connectivity index (χ0n) is 8.03. The summed E-state index contributed by atoms with van der Waals surface area (Å²) in [4.78, 5) is 0.327. The lowest BCUT2D eigenvalue weighted by molar-refractivity contribution is 0.595. The molecule has 14 heavy (non-hydrogen) atoms. The van der Waals surface area contributed by atoms with Gasteiger partial charge < -0.3 is 0 Å². The maximum absolute atomic E-state index is 13.2. The molecule has 0 radical (unpaired) electrons. The summed E-state index contributed by atoms with van der Waals surface area (Å²) in [6.07, 6.45) is 2.87. The topological polar surface area (TPSA) is 17.1 Å². The highest BCUT2D eigenvalue weighted by atomic mass is 32.2. The van der Waals surface area contributed by atoms with Crippen LogP contribution in [0.25, 0.3) is 0 Å². The molecule has 0 saturated carbocycles. The van der Waals surface area contributed by atoms with Crippen molar-refractivity contribution in [3.8, 4) is 0 Å². The van der Waals surface area contributed by atoms with Crippen LogP contribution in [0.2, 0.25) is 0 Å². The second kappa shape index (κ2) is 6.19. The Hall–Kier alpha value is -0.350. The van der Waals surface area contributed by atoms with Crippen LogP contribution in [-0.2, 0) is 10.8 Å². The summed E-state index contributed by atoms with van der Waals surface area (Å²) in [7, 11) is -1.18. The smallest absolute Gasteiger partial charge is 0.139 e. The first-order valence-electron chi connectivity index (χ1n) is 4.37. The molecule has 0 fully saturated rings. The van der Waals surface area contributed by atoms with Gasteiger partial charge >= 0.3 is 0 Å². The fraction of sp³-hybridized carbons (Fsp3) is 0.400. The van der Waals surface area contributed by atoms with Gasteiger partial charge in [-0.1, -0.05) is 12.1 Å². The minimum Gasteiger partial charge on any atom is -0.254 e. The van der Waals surface area contributed by atoms with Crippen molar-refractivity contribution >= 4 is 22.6 Å². The van der Waals surface area contributed by atoms with Crippen LogP contribution in [0.15, 0.2) is 29.2 Å². The van der Waals surface area contributed by atoms with Gasteiger partial charge in [0.1, 0.15) is 5.82 Å². The lowest BCUT2D eigenvalue weighted by Crippen LogP contribution is -2.01. The molecule has 0 aliphatic heterocycles. The quantitative estimate of drug-likeness (QED) is 0.726. The molecular weight excluding hydrogens is 219 g/mol. The van der Waals surface area contributed by atoms with Crippen molar-refractivity contribution in [2.75, 3.05) is 17.8 Å². The Kier molecular flexibility index (Phi) is 5.19. The van der Waals surface area contributed by atoms with Gasteiger partial charge in [-0.05, 0) is 30.6 Å². The van der Waals surface area contributed by atoms with Crippen molar-refractivity contribution in [2.24, 2.45) is 0 Å². The maximum Gasteiger partial charge on any atom is 0.139 e. The molecule has 1 rings (SSSR count). The third-order valence-corrected chi connectivity index (χ3v) is 3.94. The Balaban J connectivity index is 2.56. The van der Waals surface area contributed by atoms with Gasteiger partial charge in [-0.25, -0.2) is 4.39 Å². The van der Waals surface area contributed by atoms with E-state index in [2.05, 4.69) is 0 Å². The Labute approximate surface area is 90.6 Å². The molecule has 0 aliphatic rings. The number of hydrogen-bond acceptors (Lipinski definition) is 2. The third-order valence-electron chi connectivity index (χ3n) is 1.76. The molecule has 78 valence electrons. The fourth-order valence-electron chi connectivity index (χ4n) is 1.07. The summed E-state index contributed by atoms with van der Waals surface area (Å²) in [5, 5.41) is 0. The Morgan fingerprint density at radius 2 is 2.14 bits per heavy atom. The number of benzene rings is 1. The monoisotopic (exact) mass is 232 g/mol. The highest BCUT2D eigenvalue weighted by molar-refractivity contribution is 7.98. The van der Waals surface area contributed by atoms with Crippen LogP contribution in [0, 0.1) is 5.82 Å².